The number of benzene rings is 1. The van der Waals surface area contributed by atoms with Crippen LogP contribution in [0.3, 0.4) is 0 Å². The first-order valence-electron chi connectivity index (χ1n) is 4.82. The summed E-state index contributed by atoms with van der Waals surface area (Å²) in [4.78, 5) is 10.7. The molecule has 0 radical (unpaired) electrons. The van der Waals surface area contributed by atoms with Gasteiger partial charge in [0.2, 0.25) is 0 Å². The van der Waals surface area contributed by atoms with Gasteiger partial charge in [0.1, 0.15) is 11.6 Å². The second kappa shape index (κ2) is 3.80. The van der Waals surface area contributed by atoms with Gasteiger partial charge >= 0.3 is 5.97 Å². The van der Waals surface area contributed by atoms with Gasteiger partial charge in [-0.15, -0.1) is 0 Å². The Morgan fingerprint density at radius 1 is 1.44 bits per heavy atom. The monoisotopic (exact) mass is 290 g/mol. The van der Waals surface area contributed by atoms with Gasteiger partial charge in [-0.1, -0.05) is 0 Å². The Bertz CT molecular complexity index is 456. The summed E-state index contributed by atoms with van der Waals surface area (Å²) in [6.45, 7) is 0. The molecule has 5 heteroatoms. The van der Waals surface area contributed by atoms with Crippen molar-refractivity contribution in [1.82, 2.24) is 0 Å². The summed E-state index contributed by atoms with van der Waals surface area (Å²) in [5.74, 6) is -2.38. The lowest BCUT2D eigenvalue weighted by atomic mass is 9.91. The third kappa shape index (κ3) is 1.84. The molecule has 0 atom stereocenters. The zero-order valence-electron chi connectivity index (χ0n) is 8.27. The van der Waals surface area contributed by atoms with Crippen molar-refractivity contribution in [3.8, 4) is 0 Å². The molecule has 0 aromatic heterocycles. The zero-order valence-corrected chi connectivity index (χ0v) is 9.85. The van der Waals surface area contributed by atoms with Crippen LogP contribution >= 0.6 is 15.9 Å². The Balaban J connectivity index is 2.48. The van der Waals surface area contributed by atoms with Gasteiger partial charge in [0.15, 0.2) is 0 Å². The van der Waals surface area contributed by atoms with Crippen molar-refractivity contribution in [1.29, 1.82) is 0 Å². The topological polar surface area (TPSA) is 37.3 Å². The summed E-state index contributed by atoms with van der Waals surface area (Å²) in [5.41, 5.74) is -0.937. The summed E-state index contributed by atoms with van der Waals surface area (Å²) in [6.07, 6.45) is 0.810. The molecule has 1 fully saturated rings. The number of halogens is 3. The van der Waals surface area contributed by atoms with Crippen molar-refractivity contribution in [3.05, 3.63) is 33.8 Å². The Hall–Kier alpha value is -0.970. The fourth-order valence-electron chi connectivity index (χ4n) is 1.97. The standard InChI is InChI=1S/C11H9BrF2O2/c12-6-1-2-7(13)9(10(6)14)11(3-4-11)5-8(15)16/h1-2H,3-5H2,(H,15,16). The van der Waals surface area contributed by atoms with Gasteiger partial charge in [-0.3, -0.25) is 4.79 Å². The smallest absolute Gasteiger partial charge is 0.304 e. The molecule has 1 aromatic carbocycles. The quantitative estimate of drug-likeness (QED) is 0.868. The predicted molar refractivity (Wildman–Crippen MR) is 57.2 cm³/mol. The third-order valence-electron chi connectivity index (χ3n) is 2.92. The van der Waals surface area contributed by atoms with E-state index in [-0.39, 0.29) is 16.5 Å². The number of carboxylic acids is 1. The van der Waals surface area contributed by atoms with Gasteiger partial charge in [0.05, 0.1) is 10.9 Å². The highest BCUT2D eigenvalue weighted by molar-refractivity contribution is 9.10. The van der Waals surface area contributed by atoms with Crippen molar-refractivity contribution >= 4 is 21.9 Å². The van der Waals surface area contributed by atoms with Crippen LogP contribution < -0.4 is 0 Å². The maximum atomic E-state index is 13.8. The van der Waals surface area contributed by atoms with E-state index >= 15 is 0 Å². The first-order chi connectivity index (χ1) is 7.46. The Labute approximate surface area is 99.4 Å². The van der Waals surface area contributed by atoms with Gasteiger partial charge in [-0.25, -0.2) is 8.78 Å². The van der Waals surface area contributed by atoms with Crippen molar-refractivity contribution in [2.75, 3.05) is 0 Å². The van der Waals surface area contributed by atoms with Crippen LogP contribution in [0.1, 0.15) is 24.8 Å². The molecule has 1 N–H and O–H groups in total. The molecule has 1 aliphatic carbocycles. The molecular formula is C11H9BrF2O2. The number of carboxylic acid groups (broad SMARTS) is 1. The molecule has 0 saturated heterocycles. The molecule has 0 unspecified atom stereocenters. The highest BCUT2D eigenvalue weighted by Gasteiger charge is 2.49. The third-order valence-corrected chi connectivity index (χ3v) is 3.53. The van der Waals surface area contributed by atoms with Crippen LogP contribution in [0.2, 0.25) is 0 Å². The van der Waals surface area contributed by atoms with Crippen LogP contribution in [0.15, 0.2) is 16.6 Å². The molecule has 16 heavy (non-hydrogen) atoms. The molecule has 2 nitrogen and oxygen atoms in total. The van der Waals surface area contributed by atoms with Crippen LogP contribution in [-0.4, -0.2) is 11.1 Å². The summed E-state index contributed by atoms with van der Waals surface area (Å²) in [7, 11) is 0. The lowest BCUT2D eigenvalue weighted by Crippen LogP contribution is -2.17. The van der Waals surface area contributed by atoms with Crippen LogP contribution in [0.25, 0.3) is 0 Å². The van der Waals surface area contributed by atoms with Gasteiger partial charge in [0.25, 0.3) is 0 Å². The highest BCUT2D eigenvalue weighted by Crippen LogP contribution is 2.53. The van der Waals surface area contributed by atoms with Crippen LogP contribution in [0, 0.1) is 11.6 Å². The van der Waals surface area contributed by atoms with Crippen molar-refractivity contribution in [2.24, 2.45) is 0 Å². The van der Waals surface area contributed by atoms with Crippen molar-refractivity contribution < 1.29 is 18.7 Å². The highest BCUT2D eigenvalue weighted by atomic mass is 79.9. The van der Waals surface area contributed by atoms with Gasteiger partial charge in [-0.2, -0.15) is 0 Å². The van der Waals surface area contributed by atoms with Crippen molar-refractivity contribution in [3.63, 3.8) is 0 Å². The molecule has 86 valence electrons. The van der Waals surface area contributed by atoms with E-state index in [1.54, 1.807) is 0 Å². The summed E-state index contributed by atoms with van der Waals surface area (Å²) in [6, 6.07) is 2.44. The second-order valence-corrected chi connectivity index (χ2v) is 4.92. The Morgan fingerprint density at radius 3 is 2.56 bits per heavy atom. The molecular weight excluding hydrogens is 282 g/mol. The molecule has 1 aliphatic rings. The maximum Gasteiger partial charge on any atom is 0.304 e. The van der Waals surface area contributed by atoms with Crippen molar-refractivity contribution in [2.45, 2.75) is 24.7 Å². The molecule has 1 saturated carbocycles. The van der Waals surface area contributed by atoms with E-state index in [2.05, 4.69) is 15.9 Å². The first kappa shape index (κ1) is 11.5. The largest absolute Gasteiger partial charge is 0.481 e. The molecule has 0 spiro atoms. The number of hydrogen-bond donors (Lipinski definition) is 1. The maximum absolute atomic E-state index is 13.8. The van der Waals surface area contributed by atoms with E-state index in [9.17, 15) is 13.6 Å². The van der Waals surface area contributed by atoms with Crippen LogP contribution in [0.4, 0.5) is 8.78 Å². The van der Waals surface area contributed by atoms with E-state index in [1.807, 2.05) is 0 Å². The molecule has 0 bridgehead atoms. The molecule has 0 amide bonds. The fraction of sp³-hybridized carbons (Fsp3) is 0.364. The molecule has 0 aliphatic heterocycles. The lowest BCUT2D eigenvalue weighted by molar-refractivity contribution is -0.137. The fourth-order valence-corrected chi connectivity index (χ4v) is 2.30. The summed E-state index contributed by atoms with van der Waals surface area (Å²) >= 11 is 2.98. The van der Waals surface area contributed by atoms with E-state index in [1.165, 1.54) is 6.07 Å². The van der Waals surface area contributed by atoms with E-state index in [0.29, 0.717) is 12.8 Å². The minimum absolute atomic E-state index is 0.0933. The van der Waals surface area contributed by atoms with Crippen LogP contribution in [-0.2, 0) is 10.2 Å². The SMILES string of the molecule is O=C(O)CC1(c2c(F)ccc(Br)c2F)CC1. The number of carbonyl (C=O) groups is 1. The van der Waals surface area contributed by atoms with Gasteiger partial charge in [0, 0.05) is 11.0 Å². The normalized spacial score (nSPS) is 17.2. The number of hydrogen-bond acceptors (Lipinski definition) is 1. The second-order valence-electron chi connectivity index (χ2n) is 4.07. The summed E-state index contributed by atoms with van der Waals surface area (Å²) < 4.78 is 27.5. The van der Waals surface area contributed by atoms with E-state index in [0.717, 1.165) is 6.07 Å². The zero-order chi connectivity index (χ0) is 11.9. The summed E-state index contributed by atoms with van der Waals surface area (Å²) in [5, 5.41) is 8.74. The minimum Gasteiger partial charge on any atom is -0.481 e. The minimum atomic E-state index is -1.03. The average Bonchev–Trinajstić information content (AvgIpc) is 2.92. The van der Waals surface area contributed by atoms with E-state index in [4.69, 9.17) is 5.11 Å². The van der Waals surface area contributed by atoms with Gasteiger partial charge in [-0.05, 0) is 40.9 Å². The molecule has 1 aromatic rings. The Morgan fingerprint density at radius 2 is 2.06 bits per heavy atom. The predicted octanol–water partition coefficient (Wildman–Crippen LogP) is 3.23. The van der Waals surface area contributed by atoms with Crippen LogP contribution in [0.5, 0.6) is 0 Å². The van der Waals surface area contributed by atoms with E-state index < -0.39 is 23.0 Å². The van der Waals surface area contributed by atoms with Gasteiger partial charge < -0.3 is 5.11 Å². The number of aliphatic carboxylic acids is 1. The first-order valence-corrected chi connectivity index (χ1v) is 5.61. The Kier molecular flexibility index (Phi) is 2.74. The molecule has 2 rings (SSSR count). The average molecular weight is 291 g/mol. The lowest BCUT2D eigenvalue weighted by Gasteiger charge is -2.15. The molecule has 0 heterocycles. The number of rotatable bonds is 3.